The fraction of sp³-hybridized carbons (Fsp3) is 0.385. The van der Waals surface area contributed by atoms with Crippen LogP contribution >= 0.6 is 11.8 Å². The van der Waals surface area contributed by atoms with Crippen LogP contribution < -0.4 is 11.1 Å². The van der Waals surface area contributed by atoms with Gasteiger partial charge in [0, 0.05) is 30.6 Å². The maximum Gasteiger partial charge on any atom is 0.224 e. The minimum Gasteiger partial charge on any atom is -0.399 e. The number of nitrogens with zero attached hydrogens (tertiary/aromatic N) is 4. The molecule has 3 N–H and O–H groups in total. The number of carbonyl (C=O) groups is 1. The zero-order valence-electron chi connectivity index (χ0n) is 12.0. The summed E-state index contributed by atoms with van der Waals surface area (Å²) in [5.74, 6) is 0.776. The fourth-order valence-electron chi connectivity index (χ4n) is 1.73. The highest BCUT2D eigenvalue weighted by molar-refractivity contribution is 7.99. The second kappa shape index (κ2) is 7.07. The molecule has 1 amide bonds. The van der Waals surface area contributed by atoms with Crippen LogP contribution in [-0.4, -0.2) is 31.9 Å². The maximum absolute atomic E-state index is 11.9. The topological polar surface area (TPSA) is 98.7 Å². The molecule has 0 saturated heterocycles. The number of hydrogen-bond donors (Lipinski definition) is 2. The minimum atomic E-state index is -0.0135. The highest BCUT2D eigenvalue weighted by Crippen LogP contribution is 2.19. The van der Waals surface area contributed by atoms with Gasteiger partial charge in [-0.05, 0) is 41.5 Å². The molecule has 0 fully saturated rings. The van der Waals surface area contributed by atoms with Gasteiger partial charge in [0.1, 0.15) is 0 Å². The number of rotatable bonds is 6. The summed E-state index contributed by atoms with van der Waals surface area (Å²) in [7, 11) is 1.79. The molecule has 2 rings (SSSR count). The fourth-order valence-corrected chi connectivity index (χ4v) is 2.52. The molecule has 0 unspecified atom stereocenters. The van der Waals surface area contributed by atoms with E-state index in [1.807, 2.05) is 19.1 Å². The smallest absolute Gasteiger partial charge is 0.224 e. The lowest BCUT2D eigenvalue weighted by Crippen LogP contribution is -2.12. The Labute approximate surface area is 127 Å². The number of aryl methyl sites for hydroxylation is 2. The van der Waals surface area contributed by atoms with Gasteiger partial charge < -0.3 is 11.1 Å². The van der Waals surface area contributed by atoms with Crippen molar-refractivity contribution in [2.75, 3.05) is 16.8 Å². The van der Waals surface area contributed by atoms with E-state index in [2.05, 4.69) is 20.8 Å². The second-order valence-electron chi connectivity index (χ2n) is 4.66. The van der Waals surface area contributed by atoms with Crippen molar-refractivity contribution in [3.63, 3.8) is 0 Å². The first kappa shape index (κ1) is 15.3. The molecule has 0 aliphatic rings. The first-order chi connectivity index (χ1) is 10.1. The third-order valence-electron chi connectivity index (χ3n) is 2.90. The van der Waals surface area contributed by atoms with Gasteiger partial charge in [-0.15, -0.1) is 5.10 Å². The highest BCUT2D eigenvalue weighted by atomic mass is 32.2. The number of thioether (sulfide) groups is 1. The summed E-state index contributed by atoms with van der Waals surface area (Å²) in [6.07, 6.45) is 1.21. The van der Waals surface area contributed by atoms with Crippen molar-refractivity contribution in [1.82, 2.24) is 20.2 Å². The van der Waals surface area contributed by atoms with Crippen LogP contribution in [-0.2, 0) is 11.8 Å². The van der Waals surface area contributed by atoms with E-state index in [9.17, 15) is 4.79 Å². The molecule has 2 aromatic rings. The predicted molar refractivity (Wildman–Crippen MR) is 83.0 cm³/mol. The lowest BCUT2D eigenvalue weighted by molar-refractivity contribution is -0.116. The van der Waals surface area contributed by atoms with Gasteiger partial charge in [0.25, 0.3) is 0 Å². The molecule has 21 heavy (non-hydrogen) atoms. The van der Waals surface area contributed by atoms with Crippen molar-refractivity contribution < 1.29 is 4.79 Å². The first-order valence-corrected chi connectivity index (χ1v) is 7.56. The lowest BCUT2D eigenvalue weighted by atomic mass is 10.1. The molecule has 0 atom stereocenters. The average Bonchev–Trinajstić information content (AvgIpc) is 2.84. The minimum absolute atomic E-state index is 0.0135. The van der Waals surface area contributed by atoms with Crippen molar-refractivity contribution in [3.8, 4) is 0 Å². The zero-order chi connectivity index (χ0) is 15.2. The standard InChI is InChI=1S/C13H18N6OS/c1-9-5-6-10(14)8-11(9)15-12(20)4-3-7-21-13-16-17-18-19(13)2/h5-6,8H,3-4,7,14H2,1-2H3,(H,15,20). The van der Waals surface area contributed by atoms with Crippen molar-refractivity contribution in [2.24, 2.45) is 7.05 Å². The summed E-state index contributed by atoms with van der Waals surface area (Å²) < 4.78 is 1.61. The van der Waals surface area contributed by atoms with Crippen LogP contribution in [0.25, 0.3) is 0 Å². The number of aromatic nitrogens is 4. The monoisotopic (exact) mass is 306 g/mol. The van der Waals surface area contributed by atoms with Crippen LogP contribution in [0.2, 0.25) is 0 Å². The zero-order valence-corrected chi connectivity index (χ0v) is 12.9. The van der Waals surface area contributed by atoms with Crippen molar-refractivity contribution in [3.05, 3.63) is 23.8 Å². The summed E-state index contributed by atoms with van der Waals surface area (Å²) >= 11 is 1.53. The summed E-state index contributed by atoms with van der Waals surface area (Å²) in [6, 6.07) is 5.48. The number of carbonyl (C=O) groups excluding carboxylic acids is 1. The number of hydrogen-bond acceptors (Lipinski definition) is 6. The van der Waals surface area contributed by atoms with Crippen LogP contribution in [0.4, 0.5) is 11.4 Å². The third-order valence-corrected chi connectivity index (χ3v) is 3.99. The number of tetrazole rings is 1. The molecule has 0 aliphatic carbocycles. The van der Waals surface area contributed by atoms with Crippen LogP contribution in [0.15, 0.2) is 23.4 Å². The van der Waals surface area contributed by atoms with Gasteiger partial charge in [-0.25, -0.2) is 4.68 Å². The quantitative estimate of drug-likeness (QED) is 0.478. The molecule has 112 valence electrons. The molecule has 0 spiro atoms. The Morgan fingerprint density at radius 2 is 2.29 bits per heavy atom. The van der Waals surface area contributed by atoms with E-state index < -0.39 is 0 Å². The molecule has 7 nitrogen and oxygen atoms in total. The van der Waals surface area contributed by atoms with E-state index in [-0.39, 0.29) is 5.91 Å². The van der Waals surface area contributed by atoms with Crippen molar-refractivity contribution in [1.29, 1.82) is 0 Å². The van der Waals surface area contributed by atoms with Crippen molar-refractivity contribution >= 4 is 29.0 Å². The van der Waals surface area contributed by atoms with Gasteiger partial charge in [0.2, 0.25) is 11.1 Å². The molecule has 0 radical (unpaired) electrons. The van der Waals surface area contributed by atoms with E-state index >= 15 is 0 Å². The normalized spacial score (nSPS) is 10.6. The summed E-state index contributed by atoms with van der Waals surface area (Å²) in [5, 5.41) is 14.8. The Kier molecular flexibility index (Phi) is 5.15. The van der Waals surface area contributed by atoms with Crippen molar-refractivity contribution in [2.45, 2.75) is 24.9 Å². The SMILES string of the molecule is Cc1ccc(N)cc1NC(=O)CCCSc1nnnn1C. The van der Waals surface area contributed by atoms with E-state index in [4.69, 9.17) is 5.73 Å². The average molecular weight is 306 g/mol. The molecule has 8 heteroatoms. The number of amides is 1. The highest BCUT2D eigenvalue weighted by Gasteiger charge is 2.07. The summed E-state index contributed by atoms with van der Waals surface area (Å²) in [6.45, 7) is 1.94. The Bertz CT molecular complexity index is 627. The van der Waals surface area contributed by atoms with Gasteiger partial charge in [-0.2, -0.15) is 0 Å². The third kappa shape index (κ3) is 4.45. The lowest BCUT2D eigenvalue weighted by Gasteiger charge is -2.09. The Morgan fingerprint density at radius 1 is 1.48 bits per heavy atom. The largest absolute Gasteiger partial charge is 0.399 e. The van der Waals surface area contributed by atoms with Crippen LogP contribution in [0, 0.1) is 6.92 Å². The van der Waals surface area contributed by atoms with E-state index in [0.29, 0.717) is 12.1 Å². The molecular weight excluding hydrogens is 288 g/mol. The van der Waals surface area contributed by atoms with Gasteiger partial charge in [-0.1, -0.05) is 17.8 Å². The second-order valence-corrected chi connectivity index (χ2v) is 5.72. The van der Waals surface area contributed by atoms with E-state index in [1.165, 1.54) is 11.8 Å². The Balaban J connectivity index is 1.75. The number of nitrogens with one attached hydrogen (secondary N) is 1. The van der Waals surface area contributed by atoms with Gasteiger partial charge in [-0.3, -0.25) is 4.79 Å². The van der Waals surface area contributed by atoms with Crippen LogP contribution in [0.3, 0.4) is 0 Å². The predicted octanol–water partition coefficient (Wildman–Crippen LogP) is 1.61. The number of nitrogen functional groups attached to an aromatic ring is 1. The van der Waals surface area contributed by atoms with Crippen LogP contribution in [0.5, 0.6) is 0 Å². The van der Waals surface area contributed by atoms with Gasteiger partial charge in [0.15, 0.2) is 0 Å². The van der Waals surface area contributed by atoms with Crippen LogP contribution in [0.1, 0.15) is 18.4 Å². The summed E-state index contributed by atoms with van der Waals surface area (Å²) in [4.78, 5) is 11.9. The molecule has 1 aromatic carbocycles. The van der Waals surface area contributed by atoms with E-state index in [1.54, 1.807) is 17.8 Å². The molecule has 0 aliphatic heterocycles. The molecule has 0 bridgehead atoms. The Hall–Kier alpha value is -2.09. The first-order valence-electron chi connectivity index (χ1n) is 6.57. The molecule has 1 heterocycles. The van der Waals surface area contributed by atoms with Gasteiger partial charge in [0.05, 0.1) is 0 Å². The number of benzene rings is 1. The van der Waals surface area contributed by atoms with E-state index in [0.717, 1.165) is 28.6 Å². The molecular formula is C13H18N6OS. The number of nitrogens with two attached hydrogens (primary N) is 1. The molecule has 1 aromatic heterocycles. The number of anilines is 2. The maximum atomic E-state index is 11.9. The summed E-state index contributed by atoms with van der Waals surface area (Å²) in [5.41, 5.74) is 8.12. The van der Waals surface area contributed by atoms with Gasteiger partial charge >= 0.3 is 0 Å². The Morgan fingerprint density at radius 3 is 3.00 bits per heavy atom. The molecule has 0 saturated carbocycles.